The second-order valence-electron chi connectivity index (χ2n) is 8.48. The monoisotopic (exact) mass is 471 g/mol. The van der Waals surface area contributed by atoms with Crippen molar-refractivity contribution in [3.8, 4) is 11.1 Å². The molecule has 1 heteroatoms. The minimum Gasteiger partial charge on any atom is -0.135 e. The van der Waals surface area contributed by atoms with Gasteiger partial charge >= 0.3 is 0 Å². The van der Waals surface area contributed by atoms with Crippen LogP contribution in [0.15, 0.2) is 121 Å². The molecule has 0 bridgehead atoms. The van der Waals surface area contributed by atoms with E-state index in [4.69, 9.17) is 12.3 Å². The van der Waals surface area contributed by atoms with Gasteiger partial charge in [0.25, 0.3) is 0 Å². The van der Waals surface area contributed by atoms with Crippen LogP contribution in [0.5, 0.6) is 0 Å². The lowest BCUT2D eigenvalue weighted by molar-refractivity contribution is 1.74. The van der Waals surface area contributed by atoms with Gasteiger partial charge in [0.1, 0.15) is 0 Å². The topological polar surface area (TPSA) is 0 Å². The van der Waals surface area contributed by atoms with Crippen molar-refractivity contribution in [1.82, 2.24) is 0 Å². The Kier molecular flexibility index (Phi) is 2.35. The van der Waals surface area contributed by atoms with Crippen molar-refractivity contribution in [3.63, 3.8) is 0 Å². The van der Waals surface area contributed by atoms with E-state index < -0.39 is 66.5 Å². The summed E-state index contributed by atoms with van der Waals surface area (Å²) in [6, 6.07) is 12.4. The van der Waals surface area contributed by atoms with Gasteiger partial charge in [-0.05, 0) is 78.5 Å². The highest BCUT2D eigenvalue weighted by Gasteiger charge is 2.17. The second kappa shape index (κ2) is 7.15. The Hall–Kier alpha value is -4.20. The van der Waals surface area contributed by atoms with Crippen LogP contribution < -0.4 is 0 Å². The van der Waals surface area contributed by atoms with Gasteiger partial charge in [-0.15, -0.1) is 11.3 Å². The zero-order valence-corrected chi connectivity index (χ0v) is 18.9. The molecule has 0 aliphatic carbocycles. The van der Waals surface area contributed by atoms with Crippen molar-refractivity contribution >= 4 is 74.6 Å². The van der Waals surface area contributed by atoms with Gasteiger partial charge in [0.15, 0.2) is 0 Å². The first kappa shape index (κ1) is 11.5. The van der Waals surface area contributed by atoms with E-state index in [-0.39, 0.29) is 37.9 Å². The minimum absolute atomic E-state index is 0.0178. The molecule has 7 aromatic carbocycles. The molecule has 1 aromatic heterocycles. The van der Waals surface area contributed by atoms with Crippen LogP contribution in [0.2, 0.25) is 0 Å². The summed E-state index contributed by atoms with van der Waals surface area (Å²) in [4.78, 5) is 0. The summed E-state index contributed by atoms with van der Waals surface area (Å²) >= 11 is 1.56. The Balaban J connectivity index is 1.73. The third-order valence-electron chi connectivity index (χ3n) is 6.57. The third kappa shape index (κ3) is 2.73. The number of hydrogen-bond acceptors (Lipinski definition) is 1. The van der Waals surface area contributed by atoms with Crippen molar-refractivity contribution in [2.75, 3.05) is 0 Å². The Morgan fingerprint density at radius 1 is 0.514 bits per heavy atom. The molecule has 0 nitrogen and oxygen atoms in total. The summed E-state index contributed by atoms with van der Waals surface area (Å²) in [5.74, 6) is 0. The van der Waals surface area contributed by atoms with Gasteiger partial charge < -0.3 is 0 Å². The van der Waals surface area contributed by atoms with Crippen LogP contribution in [0.4, 0.5) is 0 Å². The smallest absolute Gasteiger partial charge is 0.0636 e. The molecule has 0 fully saturated rings. The molecule has 8 rings (SSSR count). The fourth-order valence-electron chi connectivity index (χ4n) is 5.05. The maximum atomic E-state index is 9.35. The summed E-state index contributed by atoms with van der Waals surface area (Å²) in [7, 11) is 0. The molecular weight excluding hydrogens is 440 g/mol. The lowest BCUT2D eigenvalue weighted by Crippen LogP contribution is -1.88. The number of rotatable bonds is 1. The molecule has 0 N–H and O–H groups in total. The lowest BCUT2D eigenvalue weighted by Gasteiger charge is -2.15. The summed E-state index contributed by atoms with van der Waals surface area (Å²) in [5, 5.41) is 3.25. The van der Waals surface area contributed by atoms with Crippen molar-refractivity contribution in [3.05, 3.63) is 121 Å². The van der Waals surface area contributed by atoms with E-state index in [1.165, 1.54) is 0 Å². The van der Waals surface area contributed by atoms with E-state index in [2.05, 4.69) is 12.1 Å². The normalized spacial score (nSPS) is 16.4. The molecule has 0 spiro atoms. The zero-order valence-electron chi connectivity index (χ0n) is 29.1. The first-order valence-electron chi connectivity index (χ1n) is 16.6. The van der Waals surface area contributed by atoms with Gasteiger partial charge in [0, 0.05) is 20.2 Å². The van der Waals surface area contributed by atoms with Crippen molar-refractivity contribution in [2.24, 2.45) is 0 Å². The molecule has 162 valence electrons. The predicted molar refractivity (Wildman–Crippen MR) is 155 cm³/mol. The highest BCUT2D eigenvalue weighted by Crippen LogP contribution is 2.46. The minimum atomic E-state index is -0.569. The standard InChI is InChI=1S/C34H20S/c1-2-10-23-20-32-30(18-22(23)9-1)34-28(14-7-15-31(34)35-32)33-26-13-6-4-11-24(26)19-29-25-12-5-3-8-21(25)16-17-27(29)33/h1-20H/i3D,4D,5D,6D,8D,11D,12D,13D,16D,17D,19D. The molecular formula is C34H20S. The quantitative estimate of drug-likeness (QED) is 0.165. The van der Waals surface area contributed by atoms with Crippen LogP contribution in [0.3, 0.4) is 0 Å². The predicted octanol–water partition coefficient (Wildman–Crippen LogP) is 10.3. The van der Waals surface area contributed by atoms with Crippen LogP contribution in [-0.2, 0) is 0 Å². The van der Waals surface area contributed by atoms with Crippen LogP contribution in [0, 0.1) is 0 Å². The Labute approximate surface area is 222 Å². The maximum absolute atomic E-state index is 9.35. The van der Waals surface area contributed by atoms with E-state index in [0.29, 0.717) is 5.56 Å². The molecule has 35 heavy (non-hydrogen) atoms. The van der Waals surface area contributed by atoms with Crippen LogP contribution >= 0.6 is 11.3 Å². The number of thiophene rings is 1. The van der Waals surface area contributed by atoms with Gasteiger partial charge in [0.05, 0.1) is 15.1 Å². The van der Waals surface area contributed by atoms with E-state index in [1.54, 1.807) is 17.4 Å². The molecule has 0 saturated carbocycles. The fraction of sp³-hybridized carbons (Fsp3) is 0. The van der Waals surface area contributed by atoms with Gasteiger partial charge in [-0.1, -0.05) is 96.8 Å². The van der Waals surface area contributed by atoms with Crippen molar-refractivity contribution in [2.45, 2.75) is 0 Å². The van der Waals surface area contributed by atoms with Gasteiger partial charge in [-0.3, -0.25) is 0 Å². The van der Waals surface area contributed by atoms with E-state index >= 15 is 0 Å². The summed E-state index contributed by atoms with van der Waals surface area (Å²) in [5.41, 5.74) is 0.756. The SMILES string of the molecule is [2H]c1c([2H])c([2H])c2c([2H])c3c(c([2H])c([2H])c4c([2H])c([2H])c([2H])c([2H])c43)c(-c3cccc4sc5cc6ccccc6cc5c34)c2c1[2H]. The molecule has 0 atom stereocenters. The third-order valence-corrected chi connectivity index (χ3v) is 7.69. The van der Waals surface area contributed by atoms with Crippen LogP contribution in [-0.4, -0.2) is 0 Å². The highest BCUT2D eigenvalue weighted by molar-refractivity contribution is 7.26. The Bertz CT molecular complexity index is 2710. The number of benzene rings is 7. The maximum Gasteiger partial charge on any atom is 0.0636 e. The van der Waals surface area contributed by atoms with Gasteiger partial charge in [0.2, 0.25) is 0 Å². The molecule has 0 radical (unpaired) electrons. The summed E-state index contributed by atoms with van der Waals surface area (Å²) in [6.07, 6.45) is 0. The average Bonchev–Trinajstić information content (AvgIpc) is 3.42. The molecule has 0 aliphatic rings. The first-order valence-corrected chi connectivity index (χ1v) is 12.0. The second-order valence-corrected chi connectivity index (χ2v) is 9.56. The lowest BCUT2D eigenvalue weighted by atomic mass is 9.88. The first-order chi connectivity index (χ1) is 21.9. The fourth-order valence-corrected chi connectivity index (χ4v) is 6.21. The molecule has 0 unspecified atom stereocenters. The number of fused-ring (bicyclic) bond motifs is 8. The average molecular weight is 472 g/mol. The molecule has 0 amide bonds. The van der Waals surface area contributed by atoms with E-state index in [9.17, 15) is 2.74 Å². The Morgan fingerprint density at radius 3 is 2.17 bits per heavy atom. The zero-order chi connectivity index (χ0) is 32.5. The highest BCUT2D eigenvalue weighted by atomic mass is 32.1. The van der Waals surface area contributed by atoms with Crippen molar-refractivity contribution < 1.29 is 15.1 Å². The molecule has 8 aromatic rings. The molecule has 1 heterocycles. The molecule has 0 saturated heterocycles. The summed E-state index contributed by atoms with van der Waals surface area (Å²) < 4.78 is 98.5. The van der Waals surface area contributed by atoms with Crippen molar-refractivity contribution in [1.29, 1.82) is 0 Å². The van der Waals surface area contributed by atoms with Gasteiger partial charge in [-0.2, -0.15) is 0 Å². The molecule has 0 aliphatic heterocycles. The van der Waals surface area contributed by atoms with E-state index in [1.807, 2.05) is 36.4 Å². The van der Waals surface area contributed by atoms with Crippen LogP contribution in [0.1, 0.15) is 15.1 Å². The summed E-state index contributed by atoms with van der Waals surface area (Å²) in [6.45, 7) is 0. The van der Waals surface area contributed by atoms with Crippen LogP contribution in [0.25, 0.3) is 74.4 Å². The van der Waals surface area contributed by atoms with Gasteiger partial charge in [-0.25, -0.2) is 0 Å². The van der Waals surface area contributed by atoms with E-state index in [0.717, 1.165) is 30.9 Å². The number of hydrogen-bond donors (Lipinski definition) is 0. The largest absolute Gasteiger partial charge is 0.135 e. The Morgan fingerprint density at radius 2 is 1.29 bits per heavy atom.